The first-order valence-electron chi connectivity index (χ1n) is 6.09. The van der Waals surface area contributed by atoms with E-state index in [4.69, 9.17) is 4.74 Å². The van der Waals surface area contributed by atoms with E-state index in [2.05, 4.69) is 15.9 Å². The van der Waals surface area contributed by atoms with Gasteiger partial charge in [0.15, 0.2) is 18.2 Å². The summed E-state index contributed by atoms with van der Waals surface area (Å²) in [7, 11) is 0. The number of hydrogen-bond donors (Lipinski definition) is 0. The molecule has 2 aromatic rings. The van der Waals surface area contributed by atoms with Crippen molar-refractivity contribution in [2.45, 2.75) is 6.92 Å². The number of hydrogen-bond acceptors (Lipinski definition) is 3. The molecule has 0 N–H and O–H groups in total. The standard InChI is InChI=1S/C16H13BrO3/c1-11(18)12-5-7-15(8-6-12)20-10-16(19)13-3-2-4-14(17)9-13/h2-9H,10H2,1H3. The van der Waals surface area contributed by atoms with Gasteiger partial charge in [-0.15, -0.1) is 0 Å². The van der Waals surface area contributed by atoms with E-state index < -0.39 is 0 Å². The Labute approximate surface area is 125 Å². The smallest absolute Gasteiger partial charge is 0.200 e. The van der Waals surface area contributed by atoms with Crippen molar-refractivity contribution >= 4 is 27.5 Å². The third kappa shape index (κ3) is 3.78. The van der Waals surface area contributed by atoms with Crippen LogP contribution in [0.1, 0.15) is 27.6 Å². The van der Waals surface area contributed by atoms with Crippen LogP contribution in [0.25, 0.3) is 0 Å². The van der Waals surface area contributed by atoms with E-state index >= 15 is 0 Å². The summed E-state index contributed by atoms with van der Waals surface area (Å²) in [5, 5.41) is 0. The van der Waals surface area contributed by atoms with Crippen molar-refractivity contribution < 1.29 is 14.3 Å². The van der Waals surface area contributed by atoms with Gasteiger partial charge in [-0.05, 0) is 43.3 Å². The predicted molar refractivity (Wildman–Crippen MR) is 80.4 cm³/mol. The molecule has 2 aromatic carbocycles. The molecule has 20 heavy (non-hydrogen) atoms. The van der Waals surface area contributed by atoms with Gasteiger partial charge < -0.3 is 4.74 Å². The summed E-state index contributed by atoms with van der Waals surface area (Å²) in [5.41, 5.74) is 1.22. The third-order valence-corrected chi connectivity index (χ3v) is 3.27. The third-order valence-electron chi connectivity index (χ3n) is 2.78. The molecule has 0 bridgehead atoms. The summed E-state index contributed by atoms with van der Waals surface area (Å²) in [6.45, 7) is 1.47. The van der Waals surface area contributed by atoms with E-state index in [1.807, 2.05) is 6.07 Å². The molecule has 3 nitrogen and oxygen atoms in total. The molecule has 0 saturated carbocycles. The number of benzene rings is 2. The van der Waals surface area contributed by atoms with E-state index in [-0.39, 0.29) is 18.2 Å². The molecule has 0 spiro atoms. The van der Waals surface area contributed by atoms with Gasteiger partial charge in [0.1, 0.15) is 5.75 Å². The zero-order valence-corrected chi connectivity index (χ0v) is 12.5. The fourth-order valence-corrected chi connectivity index (χ4v) is 2.08. The maximum absolute atomic E-state index is 11.9. The van der Waals surface area contributed by atoms with Crippen molar-refractivity contribution in [3.05, 3.63) is 64.1 Å². The van der Waals surface area contributed by atoms with Crippen molar-refractivity contribution in [2.75, 3.05) is 6.61 Å². The minimum atomic E-state index is -0.0954. The number of halogens is 1. The topological polar surface area (TPSA) is 43.4 Å². The van der Waals surface area contributed by atoms with Crippen molar-refractivity contribution in [3.8, 4) is 5.75 Å². The second-order valence-electron chi connectivity index (χ2n) is 4.30. The second-order valence-corrected chi connectivity index (χ2v) is 5.22. The average Bonchev–Trinajstić information content (AvgIpc) is 2.45. The molecule has 0 heterocycles. The number of rotatable bonds is 5. The monoisotopic (exact) mass is 332 g/mol. The highest BCUT2D eigenvalue weighted by atomic mass is 79.9. The molecule has 0 aliphatic heterocycles. The van der Waals surface area contributed by atoms with Gasteiger partial charge in [0.2, 0.25) is 0 Å². The molecule has 0 radical (unpaired) electrons. The summed E-state index contributed by atoms with van der Waals surface area (Å²) >= 11 is 3.32. The normalized spacial score (nSPS) is 10.1. The highest BCUT2D eigenvalue weighted by Gasteiger charge is 2.07. The molecule has 102 valence electrons. The maximum atomic E-state index is 11.9. The van der Waals surface area contributed by atoms with Crippen molar-refractivity contribution in [1.82, 2.24) is 0 Å². The van der Waals surface area contributed by atoms with Gasteiger partial charge in [0, 0.05) is 15.6 Å². The summed E-state index contributed by atoms with van der Waals surface area (Å²) in [6.07, 6.45) is 0. The zero-order valence-electron chi connectivity index (χ0n) is 10.9. The quantitative estimate of drug-likeness (QED) is 0.779. The maximum Gasteiger partial charge on any atom is 0.200 e. The van der Waals surface area contributed by atoms with Crippen molar-refractivity contribution in [3.63, 3.8) is 0 Å². The lowest BCUT2D eigenvalue weighted by Crippen LogP contribution is -2.11. The molecule has 0 fully saturated rings. The molecule has 0 saturated heterocycles. The molecular weight excluding hydrogens is 320 g/mol. The SMILES string of the molecule is CC(=O)c1ccc(OCC(=O)c2cccc(Br)c2)cc1. The molecule has 4 heteroatoms. The fourth-order valence-electron chi connectivity index (χ4n) is 1.68. The van der Waals surface area contributed by atoms with E-state index in [0.717, 1.165) is 4.47 Å². The van der Waals surface area contributed by atoms with Crippen LogP contribution in [-0.2, 0) is 0 Å². The van der Waals surface area contributed by atoms with E-state index in [0.29, 0.717) is 16.9 Å². The molecule has 0 unspecified atom stereocenters. The van der Waals surface area contributed by atoms with Crippen LogP contribution in [0.5, 0.6) is 5.75 Å². The van der Waals surface area contributed by atoms with E-state index in [9.17, 15) is 9.59 Å². The number of ketones is 2. The number of carbonyl (C=O) groups excluding carboxylic acids is 2. The largest absolute Gasteiger partial charge is 0.485 e. The first kappa shape index (κ1) is 14.5. The second kappa shape index (κ2) is 6.48. The molecular formula is C16H13BrO3. The number of ether oxygens (including phenoxy) is 1. The number of carbonyl (C=O) groups is 2. The Kier molecular flexibility index (Phi) is 4.69. The Balaban J connectivity index is 1.98. The van der Waals surface area contributed by atoms with Crippen LogP contribution in [0.2, 0.25) is 0 Å². The van der Waals surface area contributed by atoms with Crippen LogP contribution in [0.15, 0.2) is 53.0 Å². The molecule has 0 aromatic heterocycles. The summed E-state index contributed by atoms with van der Waals surface area (Å²) in [5.74, 6) is 0.474. The lowest BCUT2D eigenvalue weighted by molar-refractivity contribution is 0.0920. The minimum Gasteiger partial charge on any atom is -0.485 e. The summed E-state index contributed by atoms with van der Waals surface area (Å²) < 4.78 is 6.28. The summed E-state index contributed by atoms with van der Waals surface area (Å²) in [6, 6.07) is 13.9. The Morgan fingerprint density at radius 1 is 1.05 bits per heavy atom. The molecule has 0 aliphatic carbocycles. The minimum absolute atomic E-state index is 0.00163. The van der Waals surface area contributed by atoms with Gasteiger partial charge in [-0.2, -0.15) is 0 Å². The first-order chi connectivity index (χ1) is 9.56. The Hall–Kier alpha value is -1.94. The number of Topliss-reactive ketones (excluding diaryl/α,β-unsaturated/α-hetero) is 2. The van der Waals surface area contributed by atoms with Gasteiger partial charge in [-0.1, -0.05) is 28.1 Å². The summed E-state index contributed by atoms with van der Waals surface area (Å²) in [4.78, 5) is 23.1. The molecule has 0 aliphatic rings. The zero-order chi connectivity index (χ0) is 14.5. The van der Waals surface area contributed by atoms with E-state index in [1.165, 1.54) is 6.92 Å². The van der Waals surface area contributed by atoms with Crippen LogP contribution in [0.4, 0.5) is 0 Å². The average molecular weight is 333 g/mol. The Bertz CT molecular complexity index is 632. The van der Waals surface area contributed by atoms with Gasteiger partial charge >= 0.3 is 0 Å². The van der Waals surface area contributed by atoms with Gasteiger partial charge in [-0.25, -0.2) is 0 Å². The molecule has 0 amide bonds. The molecule has 2 rings (SSSR count). The first-order valence-corrected chi connectivity index (χ1v) is 6.88. The lowest BCUT2D eigenvalue weighted by atomic mass is 10.1. The highest BCUT2D eigenvalue weighted by molar-refractivity contribution is 9.10. The lowest BCUT2D eigenvalue weighted by Gasteiger charge is -2.06. The van der Waals surface area contributed by atoms with Crippen LogP contribution < -0.4 is 4.74 Å². The van der Waals surface area contributed by atoms with Gasteiger partial charge in [-0.3, -0.25) is 9.59 Å². The Morgan fingerprint density at radius 3 is 2.35 bits per heavy atom. The molecule has 0 atom stereocenters. The van der Waals surface area contributed by atoms with Crippen LogP contribution in [-0.4, -0.2) is 18.2 Å². The van der Waals surface area contributed by atoms with Gasteiger partial charge in [0.25, 0.3) is 0 Å². The fraction of sp³-hybridized carbons (Fsp3) is 0.125. The van der Waals surface area contributed by atoms with Crippen molar-refractivity contribution in [1.29, 1.82) is 0 Å². The Morgan fingerprint density at radius 2 is 1.75 bits per heavy atom. The van der Waals surface area contributed by atoms with Crippen molar-refractivity contribution in [2.24, 2.45) is 0 Å². The van der Waals surface area contributed by atoms with Gasteiger partial charge in [0.05, 0.1) is 0 Å². The van der Waals surface area contributed by atoms with Crippen LogP contribution in [0.3, 0.4) is 0 Å². The van der Waals surface area contributed by atoms with E-state index in [1.54, 1.807) is 42.5 Å². The van der Waals surface area contributed by atoms with Crippen LogP contribution >= 0.6 is 15.9 Å². The van der Waals surface area contributed by atoms with Crippen LogP contribution in [0, 0.1) is 0 Å². The predicted octanol–water partition coefficient (Wildman–Crippen LogP) is 3.91. The highest BCUT2D eigenvalue weighted by Crippen LogP contribution is 2.15.